The average Bonchev–Trinajstić information content (AvgIpc) is 3.06. The van der Waals surface area contributed by atoms with Gasteiger partial charge in [0.1, 0.15) is 17.9 Å². The van der Waals surface area contributed by atoms with Gasteiger partial charge in [0.2, 0.25) is 5.91 Å². The number of nitrogens with one attached hydrogen (secondary N) is 1. The average molecular weight is 439 g/mol. The molecule has 2 fully saturated rings. The van der Waals surface area contributed by atoms with Crippen LogP contribution in [0, 0.1) is 5.82 Å². The number of carbonyl (C=O) groups is 3. The second-order valence-electron chi connectivity index (χ2n) is 8.20. The molecule has 2 aliphatic heterocycles. The molecule has 8 heteroatoms. The predicted octanol–water partition coefficient (Wildman–Crippen LogP) is 2.24. The van der Waals surface area contributed by atoms with Gasteiger partial charge in [-0.05, 0) is 50.1 Å². The lowest BCUT2D eigenvalue weighted by molar-refractivity contribution is -0.137. The summed E-state index contributed by atoms with van der Waals surface area (Å²) >= 11 is 0. The fourth-order valence-electron chi connectivity index (χ4n) is 4.63. The van der Waals surface area contributed by atoms with Crippen molar-refractivity contribution in [2.75, 3.05) is 37.7 Å². The van der Waals surface area contributed by atoms with Gasteiger partial charge in [-0.1, -0.05) is 24.3 Å². The Morgan fingerprint density at radius 1 is 1.06 bits per heavy atom. The zero-order valence-electron chi connectivity index (χ0n) is 18.1. The Morgan fingerprint density at radius 2 is 1.78 bits per heavy atom. The van der Waals surface area contributed by atoms with Crippen LogP contribution in [0.3, 0.4) is 0 Å². The van der Waals surface area contributed by atoms with Crippen molar-refractivity contribution in [2.45, 2.75) is 25.3 Å². The smallest absolute Gasteiger partial charge is 0.253 e. The number of amides is 3. The number of likely N-dealkylation sites (tertiary alicyclic amines) is 1. The van der Waals surface area contributed by atoms with E-state index in [4.69, 9.17) is 0 Å². The molecular formula is C24H27FN4O3. The second kappa shape index (κ2) is 8.98. The number of hydrogen-bond acceptors (Lipinski definition) is 4. The van der Waals surface area contributed by atoms with E-state index in [0.29, 0.717) is 44.7 Å². The quantitative estimate of drug-likeness (QED) is 0.777. The first-order chi connectivity index (χ1) is 15.4. The predicted molar refractivity (Wildman–Crippen MR) is 118 cm³/mol. The van der Waals surface area contributed by atoms with Gasteiger partial charge in [0, 0.05) is 30.9 Å². The number of likely N-dealkylation sites (N-methyl/N-ethyl adjacent to an activating group) is 1. The van der Waals surface area contributed by atoms with Gasteiger partial charge >= 0.3 is 0 Å². The summed E-state index contributed by atoms with van der Waals surface area (Å²) in [5.41, 5.74) is 0.396. The number of hydrogen-bond donors (Lipinski definition) is 1. The van der Waals surface area contributed by atoms with E-state index in [1.165, 1.54) is 18.2 Å². The van der Waals surface area contributed by atoms with E-state index in [1.807, 2.05) is 37.3 Å². The lowest BCUT2D eigenvalue weighted by Gasteiger charge is -2.43. The van der Waals surface area contributed by atoms with Crippen molar-refractivity contribution in [2.24, 2.45) is 0 Å². The monoisotopic (exact) mass is 438 g/mol. The molecule has 2 aromatic carbocycles. The number of rotatable bonds is 5. The number of piperidine rings is 1. The topological polar surface area (TPSA) is 73.0 Å². The minimum atomic E-state index is -0.813. The van der Waals surface area contributed by atoms with Crippen LogP contribution in [-0.4, -0.2) is 65.9 Å². The molecule has 2 saturated heterocycles. The van der Waals surface area contributed by atoms with Gasteiger partial charge in [0.05, 0.1) is 6.67 Å². The molecule has 0 saturated carbocycles. The number of nitrogens with zero attached hydrogens (tertiary/aromatic N) is 3. The van der Waals surface area contributed by atoms with Crippen LogP contribution in [0.1, 0.15) is 30.1 Å². The molecule has 2 aliphatic rings. The Hall–Kier alpha value is -3.42. The van der Waals surface area contributed by atoms with Crippen molar-refractivity contribution in [1.29, 1.82) is 0 Å². The van der Waals surface area contributed by atoms with E-state index in [1.54, 1.807) is 15.9 Å². The standard InChI is InChI=1S/C24H27FN4O3/c1-2-26-21(30)16-28-17-29(20-9-4-3-5-10-20)24(23(28)32)11-13-27(14-12-24)22(31)18-7-6-8-19(25)15-18/h3-10,15H,2,11-14,16-17H2,1H3,(H,26,30). The van der Waals surface area contributed by atoms with Crippen LogP contribution in [0.4, 0.5) is 10.1 Å². The summed E-state index contributed by atoms with van der Waals surface area (Å²) in [5.74, 6) is -0.975. The molecule has 0 aliphatic carbocycles. The molecule has 0 bridgehead atoms. The van der Waals surface area contributed by atoms with E-state index < -0.39 is 11.4 Å². The van der Waals surface area contributed by atoms with E-state index >= 15 is 0 Å². The molecule has 2 aromatic rings. The van der Waals surface area contributed by atoms with Gasteiger partial charge in [-0.3, -0.25) is 14.4 Å². The summed E-state index contributed by atoms with van der Waals surface area (Å²) in [5, 5.41) is 2.75. The number of halogens is 1. The molecule has 0 unspecified atom stereocenters. The highest BCUT2D eigenvalue weighted by Gasteiger charge is 2.54. The molecule has 4 rings (SSSR count). The van der Waals surface area contributed by atoms with Crippen molar-refractivity contribution in [1.82, 2.24) is 15.1 Å². The first-order valence-electron chi connectivity index (χ1n) is 10.9. The minimum absolute atomic E-state index is 0.00366. The van der Waals surface area contributed by atoms with Gasteiger partial charge in [-0.15, -0.1) is 0 Å². The molecular weight excluding hydrogens is 411 g/mol. The van der Waals surface area contributed by atoms with Crippen molar-refractivity contribution in [3.63, 3.8) is 0 Å². The van der Waals surface area contributed by atoms with E-state index in [0.717, 1.165) is 5.69 Å². The fraction of sp³-hybridized carbons (Fsp3) is 0.375. The van der Waals surface area contributed by atoms with Gasteiger partial charge in [-0.25, -0.2) is 4.39 Å². The highest BCUT2D eigenvalue weighted by Crippen LogP contribution is 2.39. The molecule has 3 amide bonds. The highest BCUT2D eigenvalue weighted by atomic mass is 19.1. The van der Waals surface area contributed by atoms with Crippen LogP contribution in [-0.2, 0) is 9.59 Å². The van der Waals surface area contributed by atoms with E-state index in [9.17, 15) is 18.8 Å². The maximum atomic E-state index is 13.6. The first kappa shape index (κ1) is 21.8. The number of para-hydroxylation sites is 1. The maximum Gasteiger partial charge on any atom is 0.253 e. The summed E-state index contributed by atoms with van der Waals surface area (Å²) in [7, 11) is 0. The third-order valence-electron chi connectivity index (χ3n) is 6.24. The SMILES string of the molecule is CCNC(=O)CN1CN(c2ccccc2)C2(CCN(C(=O)c3cccc(F)c3)CC2)C1=O. The van der Waals surface area contributed by atoms with Gasteiger partial charge in [0.25, 0.3) is 11.8 Å². The molecule has 0 atom stereocenters. The fourth-order valence-corrected chi connectivity index (χ4v) is 4.63. The van der Waals surface area contributed by atoms with Crippen LogP contribution in [0.5, 0.6) is 0 Å². The summed E-state index contributed by atoms with van der Waals surface area (Å²) in [4.78, 5) is 43.9. The Balaban J connectivity index is 1.56. The second-order valence-corrected chi connectivity index (χ2v) is 8.20. The Bertz CT molecular complexity index is 1010. The van der Waals surface area contributed by atoms with Crippen molar-refractivity contribution in [3.8, 4) is 0 Å². The Labute approximate surface area is 186 Å². The first-order valence-corrected chi connectivity index (χ1v) is 10.9. The third kappa shape index (κ3) is 4.04. The van der Waals surface area contributed by atoms with Gasteiger partial charge < -0.3 is 20.0 Å². The van der Waals surface area contributed by atoms with Crippen LogP contribution in [0.2, 0.25) is 0 Å². The summed E-state index contributed by atoms with van der Waals surface area (Å²) in [6, 6.07) is 15.3. The van der Waals surface area contributed by atoms with Crippen LogP contribution >= 0.6 is 0 Å². The van der Waals surface area contributed by atoms with Gasteiger partial charge in [0.15, 0.2) is 0 Å². The van der Waals surface area contributed by atoms with Crippen LogP contribution < -0.4 is 10.2 Å². The number of benzene rings is 2. The van der Waals surface area contributed by atoms with E-state index in [-0.39, 0.29) is 24.3 Å². The molecule has 1 N–H and O–H groups in total. The molecule has 32 heavy (non-hydrogen) atoms. The zero-order valence-corrected chi connectivity index (χ0v) is 18.1. The number of anilines is 1. The van der Waals surface area contributed by atoms with Crippen molar-refractivity contribution >= 4 is 23.4 Å². The van der Waals surface area contributed by atoms with Gasteiger partial charge in [-0.2, -0.15) is 0 Å². The van der Waals surface area contributed by atoms with Crippen molar-refractivity contribution in [3.05, 3.63) is 66.0 Å². The highest BCUT2D eigenvalue weighted by molar-refractivity contribution is 5.97. The molecule has 0 radical (unpaired) electrons. The van der Waals surface area contributed by atoms with E-state index in [2.05, 4.69) is 10.2 Å². The maximum absolute atomic E-state index is 13.6. The van der Waals surface area contributed by atoms with Crippen molar-refractivity contribution < 1.29 is 18.8 Å². The summed E-state index contributed by atoms with van der Waals surface area (Å²) in [6.45, 7) is 3.42. The minimum Gasteiger partial charge on any atom is -0.355 e. The van der Waals surface area contributed by atoms with Crippen LogP contribution in [0.15, 0.2) is 54.6 Å². The van der Waals surface area contributed by atoms with Crippen LogP contribution in [0.25, 0.3) is 0 Å². The lowest BCUT2D eigenvalue weighted by Crippen LogP contribution is -2.57. The zero-order chi connectivity index (χ0) is 22.7. The molecule has 168 valence electrons. The Kier molecular flexibility index (Phi) is 6.12. The number of carbonyl (C=O) groups excluding carboxylic acids is 3. The molecule has 1 spiro atoms. The summed E-state index contributed by atoms with van der Waals surface area (Å²) < 4.78 is 13.6. The summed E-state index contributed by atoms with van der Waals surface area (Å²) in [6.07, 6.45) is 0.876. The molecule has 2 heterocycles. The lowest BCUT2D eigenvalue weighted by atomic mass is 9.85. The largest absolute Gasteiger partial charge is 0.355 e. The molecule has 0 aromatic heterocycles. The molecule has 7 nitrogen and oxygen atoms in total. The Morgan fingerprint density at radius 3 is 2.44 bits per heavy atom. The third-order valence-corrected chi connectivity index (χ3v) is 6.24. The normalized spacial score (nSPS) is 17.7.